The summed E-state index contributed by atoms with van der Waals surface area (Å²) < 4.78 is 25.1. The molecule has 0 aromatic heterocycles. The molecule has 0 aliphatic carbocycles. The van der Waals surface area contributed by atoms with Gasteiger partial charge in [0.2, 0.25) is 10.0 Å². The molecule has 98 valence electrons. The number of hydrogen-bond acceptors (Lipinski definition) is 5. The fraction of sp³-hybridized carbons (Fsp3) is 0.300. The number of hydrogen-bond donors (Lipinski definition) is 1. The van der Waals surface area contributed by atoms with Crippen LogP contribution in [0, 0.1) is 10.1 Å². The number of ketones is 1. The van der Waals surface area contributed by atoms with Crippen molar-refractivity contribution in [1.82, 2.24) is 4.72 Å². The Bertz CT molecular complexity index is 594. The number of carbonyl (C=O) groups is 1. The number of benzene rings is 1. The van der Waals surface area contributed by atoms with E-state index in [-0.39, 0.29) is 28.4 Å². The molecule has 18 heavy (non-hydrogen) atoms. The van der Waals surface area contributed by atoms with E-state index >= 15 is 0 Å². The summed E-state index contributed by atoms with van der Waals surface area (Å²) >= 11 is 0. The summed E-state index contributed by atoms with van der Waals surface area (Å²) in [7, 11) is -2.53. The van der Waals surface area contributed by atoms with Crippen molar-refractivity contribution in [1.29, 1.82) is 0 Å². The third-order valence-electron chi connectivity index (χ3n) is 2.27. The van der Waals surface area contributed by atoms with Crippen molar-refractivity contribution in [2.24, 2.45) is 0 Å². The maximum Gasteiger partial charge on any atom is 0.274 e. The van der Waals surface area contributed by atoms with Gasteiger partial charge in [-0.15, -0.1) is 0 Å². The molecular weight excluding hydrogens is 260 g/mol. The second kappa shape index (κ2) is 5.23. The third-order valence-corrected chi connectivity index (χ3v) is 3.68. The summed E-state index contributed by atoms with van der Waals surface area (Å²) in [6, 6.07) is 3.46. The number of nitrogens with zero attached hydrogens (tertiary/aromatic N) is 1. The van der Waals surface area contributed by atoms with Gasteiger partial charge in [-0.3, -0.25) is 14.9 Å². The number of carbonyl (C=O) groups excluding carboxylic acids is 1. The summed E-state index contributed by atoms with van der Waals surface area (Å²) in [5.74, 6) is -0.234. The number of Topliss-reactive ketones (excluding diaryl/α,β-unsaturated/α-hetero) is 1. The monoisotopic (exact) mass is 272 g/mol. The maximum absolute atomic E-state index is 11.5. The van der Waals surface area contributed by atoms with E-state index in [1.165, 1.54) is 26.1 Å². The van der Waals surface area contributed by atoms with Crippen LogP contribution in [0.2, 0.25) is 0 Å². The third kappa shape index (κ3) is 3.11. The van der Waals surface area contributed by atoms with Gasteiger partial charge < -0.3 is 0 Å². The summed E-state index contributed by atoms with van der Waals surface area (Å²) in [5.41, 5.74) is -0.177. The molecule has 1 aromatic rings. The maximum atomic E-state index is 11.5. The zero-order chi connectivity index (χ0) is 13.9. The van der Waals surface area contributed by atoms with Crippen molar-refractivity contribution in [3.05, 3.63) is 33.9 Å². The van der Waals surface area contributed by atoms with Gasteiger partial charge in [0.05, 0.1) is 9.82 Å². The van der Waals surface area contributed by atoms with Crippen LogP contribution in [0.15, 0.2) is 23.1 Å². The predicted octanol–water partition coefficient (Wildman–Crippen LogP) is 0.634. The molecule has 1 aromatic carbocycles. The first kappa shape index (κ1) is 14.3. The molecular formula is C10H12N2O5S. The molecule has 0 atom stereocenters. The largest absolute Gasteiger partial charge is 0.300 e. The first-order valence-electron chi connectivity index (χ1n) is 4.98. The van der Waals surface area contributed by atoms with Gasteiger partial charge in [-0.25, -0.2) is 13.1 Å². The van der Waals surface area contributed by atoms with Gasteiger partial charge in [0.1, 0.15) is 5.78 Å². The van der Waals surface area contributed by atoms with Crippen molar-refractivity contribution in [2.75, 3.05) is 7.05 Å². The summed E-state index contributed by atoms with van der Waals surface area (Å²) in [4.78, 5) is 20.9. The molecule has 0 bridgehead atoms. The normalized spacial score (nSPS) is 11.2. The van der Waals surface area contributed by atoms with Crippen molar-refractivity contribution < 1.29 is 18.1 Å². The molecule has 0 heterocycles. The lowest BCUT2D eigenvalue weighted by Gasteiger charge is -2.05. The Hall–Kier alpha value is -1.80. The first-order chi connectivity index (χ1) is 8.27. The number of nitro benzene ring substituents is 1. The Morgan fingerprint density at radius 3 is 2.50 bits per heavy atom. The van der Waals surface area contributed by atoms with Crippen molar-refractivity contribution in [3.63, 3.8) is 0 Å². The van der Waals surface area contributed by atoms with Gasteiger partial charge in [-0.1, -0.05) is 6.07 Å². The quantitative estimate of drug-likeness (QED) is 0.625. The number of sulfonamides is 1. The van der Waals surface area contributed by atoms with Crippen molar-refractivity contribution in [2.45, 2.75) is 18.2 Å². The highest BCUT2D eigenvalue weighted by atomic mass is 32.2. The Labute approximate surface area is 104 Å². The molecule has 1 N–H and O–H groups in total. The first-order valence-corrected chi connectivity index (χ1v) is 6.46. The standard InChI is InChI=1S/C10H12N2O5S/c1-7(13)5-8-3-4-9(18(16,17)11-2)6-10(8)12(14)15/h3-4,6,11H,5H2,1-2H3. The molecule has 7 nitrogen and oxygen atoms in total. The van der Waals surface area contributed by atoms with Gasteiger partial charge in [0.25, 0.3) is 5.69 Å². The fourth-order valence-corrected chi connectivity index (χ4v) is 2.17. The van der Waals surface area contributed by atoms with Crippen LogP contribution in [0.25, 0.3) is 0 Å². The number of nitro groups is 1. The molecule has 0 spiro atoms. The Morgan fingerprint density at radius 2 is 2.06 bits per heavy atom. The van der Waals surface area contributed by atoms with Crippen LogP contribution in [0.3, 0.4) is 0 Å². The van der Waals surface area contributed by atoms with Gasteiger partial charge in [0, 0.05) is 18.1 Å². The van der Waals surface area contributed by atoms with Crippen molar-refractivity contribution in [3.8, 4) is 0 Å². The second-order valence-corrected chi connectivity index (χ2v) is 5.52. The minimum absolute atomic E-state index is 0.101. The zero-order valence-corrected chi connectivity index (χ0v) is 10.7. The number of nitrogens with one attached hydrogen (secondary N) is 1. The molecule has 0 aliphatic rings. The summed E-state index contributed by atoms with van der Waals surface area (Å²) in [6.45, 7) is 1.31. The summed E-state index contributed by atoms with van der Waals surface area (Å²) in [5, 5.41) is 10.8. The smallest absolute Gasteiger partial charge is 0.274 e. The lowest BCUT2D eigenvalue weighted by atomic mass is 10.1. The molecule has 0 aliphatic heterocycles. The highest BCUT2D eigenvalue weighted by Gasteiger charge is 2.20. The predicted molar refractivity (Wildman–Crippen MR) is 63.7 cm³/mol. The van der Waals surface area contributed by atoms with Gasteiger partial charge >= 0.3 is 0 Å². The van der Waals surface area contributed by atoms with Crippen LogP contribution in [0.1, 0.15) is 12.5 Å². The van der Waals surface area contributed by atoms with E-state index in [2.05, 4.69) is 4.72 Å². The summed E-state index contributed by atoms with van der Waals surface area (Å²) in [6.07, 6.45) is -0.101. The molecule has 0 radical (unpaired) electrons. The van der Waals surface area contributed by atoms with E-state index in [0.29, 0.717) is 0 Å². The molecule has 8 heteroatoms. The lowest BCUT2D eigenvalue weighted by Crippen LogP contribution is -2.18. The van der Waals surface area contributed by atoms with E-state index in [9.17, 15) is 23.3 Å². The molecule has 0 fully saturated rings. The zero-order valence-electron chi connectivity index (χ0n) is 9.84. The highest BCUT2D eigenvalue weighted by molar-refractivity contribution is 7.89. The molecule has 0 saturated heterocycles. The van der Waals surface area contributed by atoms with E-state index < -0.39 is 14.9 Å². The van der Waals surface area contributed by atoms with E-state index in [1.54, 1.807) is 0 Å². The highest BCUT2D eigenvalue weighted by Crippen LogP contribution is 2.23. The van der Waals surface area contributed by atoms with Gasteiger partial charge in [-0.05, 0) is 20.0 Å². The molecule has 0 saturated carbocycles. The van der Waals surface area contributed by atoms with Crippen LogP contribution < -0.4 is 4.72 Å². The van der Waals surface area contributed by atoms with Crippen LogP contribution in [0.4, 0.5) is 5.69 Å². The minimum atomic E-state index is -3.74. The molecule has 1 rings (SSSR count). The molecule has 0 amide bonds. The average Bonchev–Trinajstić information content (AvgIpc) is 2.28. The molecule has 0 unspecified atom stereocenters. The van der Waals surface area contributed by atoms with Crippen LogP contribution in [-0.2, 0) is 21.2 Å². The fourth-order valence-electron chi connectivity index (χ4n) is 1.42. The van der Waals surface area contributed by atoms with Crippen LogP contribution in [-0.4, -0.2) is 26.2 Å². The Balaban J connectivity index is 3.37. The second-order valence-electron chi connectivity index (χ2n) is 3.63. The minimum Gasteiger partial charge on any atom is -0.300 e. The van der Waals surface area contributed by atoms with Crippen molar-refractivity contribution >= 4 is 21.5 Å². The van der Waals surface area contributed by atoms with Gasteiger partial charge in [0.15, 0.2) is 0 Å². The number of rotatable bonds is 5. The average molecular weight is 272 g/mol. The van der Waals surface area contributed by atoms with Crippen LogP contribution >= 0.6 is 0 Å². The van der Waals surface area contributed by atoms with E-state index in [0.717, 1.165) is 6.07 Å². The topological polar surface area (TPSA) is 106 Å². The van der Waals surface area contributed by atoms with Crippen LogP contribution in [0.5, 0.6) is 0 Å². The van der Waals surface area contributed by atoms with E-state index in [1.807, 2.05) is 0 Å². The van der Waals surface area contributed by atoms with E-state index in [4.69, 9.17) is 0 Å². The lowest BCUT2D eigenvalue weighted by molar-refractivity contribution is -0.385. The van der Waals surface area contributed by atoms with Gasteiger partial charge in [-0.2, -0.15) is 0 Å². The SMILES string of the molecule is CNS(=O)(=O)c1ccc(CC(C)=O)c([N+](=O)[O-])c1. The Kier molecular flexibility index (Phi) is 4.15. The Morgan fingerprint density at radius 1 is 1.44 bits per heavy atom.